The molecular formula is C12H16N2O2. The SMILES string of the molecule is CC1=CCN2C[C@@H]3C(=O)N(C)C(=O)[C@@H]3[C@H]2C1. The number of imide groups is 1. The Balaban J connectivity index is 1.93. The van der Waals surface area contributed by atoms with Crippen LogP contribution >= 0.6 is 0 Å². The molecule has 0 aromatic heterocycles. The molecule has 4 nitrogen and oxygen atoms in total. The van der Waals surface area contributed by atoms with E-state index in [0.717, 1.165) is 19.5 Å². The first kappa shape index (κ1) is 10.0. The van der Waals surface area contributed by atoms with Crippen LogP contribution in [0.3, 0.4) is 0 Å². The molecule has 0 aliphatic carbocycles. The highest BCUT2D eigenvalue weighted by Gasteiger charge is 2.56. The molecule has 3 atom stereocenters. The number of amides is 2. The second kappa shape index (κ2) is 3.17. The molecule has 0 saturated carbocycles. The van der Waals surface area contributed by atoms with E-state index < -0.39 is 0 Å². The second-order valence-electron chi connectivity index (χ2n) is 5.14. The standard InChI is InChI=1S/C12H16N2O2/c1-7-3-4-14-6-8-10(9(14)5-7)12(16)13(2)11(8)15/h3,8-10H,4-6H2,1-2H3/t8-,9+,10-/m0/s1. The lowest BCUT2D eigenvalue weighted by molar-refractivity contribution is -0.139. The van der Waals surface area contributed by atoms with Gasteiger partial charge in [-0.05, 0) is 13.3 Å². The highest BCUT2D eigenvalue weighted by molar-refractivity contribution is 6.05. The van der Waals surface area contributed by atoms with Gasteiger partial charge in [-0.1, -0.05) is 11.6 Å². The number of fused-ring (bicyclic) bond motifs is 3. The normalized spacial score (nSPS) is 38.8. The zero-order chi connectivity index (χ0) is 11.4. The number of likely N-dealkylation sites (tertiary alicyclic amines) is 1. The summed E-state index contributed by atoms with van der Waals surface area (Å²) in [5.41, 5.74) is 1.34. The fraction of sp³-hybridized carbons (Fsp3) is 0.667. The second-order valence-corrected chi connectivity index (χ2v) is 5.14. The summed E-state index contributed by atoms with van der Waals surface area (Å²) in [6, 6.07) is 0.261. The molecule has 3 aliphatic heterocycles. The summed E-state index contributed by atoms with van der Waals surface area (Å²) in [6.45, 7) is 3.76. The van der Waals surface area contributed by atoms with E-state index in [1.807, 2.05) is 0 Å². The molecule has 0 aromatic rings. The average Bonchev–Trinajstić information content (AvgIpc) is 2.72. The summed E-state index contributed by atoms with van der Waals surface area (Å²) in [6.07, 6.45) is 3.14. The Morgan fingerprint density at radius 3 is 2.81 bits per heavy atom. The van der Waals surface area contributed by atoms with Crippen molar-refractivity contribution in [3.8, 4) is 0 Å². The predicted octanol–water partition coefficient (Wildman–Crippen LogP) is 0.252. The van der Waals surface area contributed by atoms with Crippen LogP contribution in [0.5, 0.6) is 0 Å². The van der Waals surface area contributed by atoms with Gasteiger partial charge in [-0.25, -0.2) is 0 Å². The average molecular weight is 220 g/mol. The fourth-order valence-corrected chi connectivity index (χ4v) is 3.30. The Morgan fingerprint density at radius 2 is 2.06 bits per heavy atom. The molecule has 2 amide bonds. The zero-order valence-electron chi connectivity index (χ0n) is 9.64. The summed E-state index contributed by atoms with van der Waals surface area (Å²) in [5.74, 6) is -0.123. The quantitative estimate of drug-likeness (QED) is 0.434. The predicted molar refractivity (Wildman–Crippen MR) is 58.5 cm³/mol. The minimum atomic E-state index is -0.0823. The first-order valence-electron chi connectivity index (χ1n) is 5.80. The monoisotopic (exact) mass is 220 g/mol. The van der Waals surface area contributed by atoms with Crippen molar-refractivity contribution < 1.29 is 9.59 Å². The van der Waals surface area contributed by atoms with Gasteiger partial charge in [0.15, 0.2) is 0 Å². The highest BCUT2D eigenvalue weighted by Crippen LogP contribution is 2.41. The van der Waals surface area contributed by atoms with E-state index >= 15 is 0 Å². The van der Waals surface area contributed by atoms with Crippen LogP contribution in [0.1, 0.15) is 13.3 Å². The molecule has 0 bridgehead atoms. The first-order valence-corrected chi connectivity index (χ1v) is 5.80. The van der Waals surface area contributed by atoms with Crippen LogP contribution in [-0.2, 0) is 9.59 Å². The smallest absolute Gasteiger partial charge is 0.234 e. The lowest BCUT2D eigenvalue weighted by Crippen LogP contribution is -2.41. The molecule has 4 heteroatoms. The molecular weight excluding hydrogens is 204 g/mol. The van der Waals surface area contributed by atoms with Crippen LogP contribution in [0.2, 0.25) is 0 Å². The van der Waals surface area contributed by atoms with Gasteiger partial charge in [-0.15, -0.1) is 0 Å². The van der Waals surface area contributed by atoms with Crippen molar-refractivity contribution in [2.24, 2.45) is 11.8 Å². The number of hydrogen-bond acceptors (Lipinski definition) is 3. The van der Waals surface area contributed by atoms with Crippen molar-refractivity contribution in [2.75, 3.05) is 20.1 Å². The fourth-order valence-electron chi connectivity index (χ4n) is 3.30. The first-order chi connectivity index (χ1) is 7.59. The molecule has 0 radical (unpaired) electrons. The van der Waals surface area contributed by atoms with Crippen LogP contribution in [0, 0.1) is 11.8 Å². The Morgan fingerprint density at radius 1 is 1.31 bits per heavy atom. The summed E-state index contributed by atoms with van der Waals surface area (Å²) >= 11 is 0. The van der Waals surface area contributed by atoms with Crippen molar-refractivity contribution in [3.63, 3.8) is 0 Å². The largest absolute Gasteiger partial charge is 0.295 e. The van der Waals surface area contributed by atoms with Crippen molar-refractivity contribution in [3.05, 3.63) is 11.6 Å². The molecule has 86 valence electrons. The maximum Gasteiger partial charge on any atom is 0.234 e. The summed E-state index contributed by atoms with van der Waals surface area (Å²) in [4.78, 5) is 27.5. The lowest BCUT2D eigenvalue weighted by Gasteiger charge is -2.30. The van der Waals surface area contributed by atoms with E-state index in [0.29, 0.717) is 0 Å². The third-order valence-corrected chi connectivity index (χ3v) is 4.22. The zero-order valence-corrected chi connectivity index (χ0v) is 9.64. The van der Waals surface area contributed by atoms with Gasteiger partial charge in [0.25, 0.3) is 0 Å². The number of carbonyl (C=O) groups excluding carboxylic acids is 2. The molecule has 2 saturated heterocycles. The Hall–Kier alpha value is -1.16. The molecule has 3 rings (SSSR count). The Bertz CT molecular complexity index is 402. The van der Waals surface area contributed by atoms with Gasteiger partial charge < -0.3 is 0 Å². The van der Waals surface area contributed by atoms with Gasteiger partial charge in [0.1, 0.15) is 0 Å². The molecule has 16 heavy (non-hydrogen) atoms. The van der Waals surface area contributed by atoms with Crippen molar-refractivity contribution in [2.45, 2.75) is 19.4 Å². The van der Waals surface area contributed by atoms with Gasteiger partial charge >= 0.3 is 0 Å². The Labute approximate surface area is 94.9 Å². The van der Waals surface area contributed by atoms with Gasteiger partial charge in [0.2, 0.25) is 11.8 Å². The molecule has 2 fully saturated rings. The molecule has 3 heterocycles. The lowest BCUT2D eigenvalue weighted by atomic mass is 9.88. The molecule has 0 unspecified atom stereocenters. The molecule has 0 aromatic carbocycles. The number of carbonyl (C=O) groups is 2. The van der Waals surface area contributed by atoms with Crippen molar-refractivity contribution in [1.29, 1.82) is 0 Å². The molecule has 0 N–H and O–H groups in total. The topological polar surface area (TPSA) is 40.6 Å². The van der Waals surface area contributed by atoms with Gasteiger partial charge in [0, 0.05) is 26.2 Å². The molecule has 3 aliphatic rings. The van der Waals surface area contributed by atoms with E-state index in [1.165, 1.54) is 10.5 Å². The highest BCUT2D eigenvalue weighted by atomic mass is 16.2. The van der Waals surface area contributed by atoms with E-state index in [9.17, 15) is 9.59 Å². The van der Waals surface area contributed by atoms with E-state index in [2.05, 4.69) is 17.9 Å². The third-order valence-electron chi connectivity index (χ3n) is 4.22. The van der Waals surface area contributed by atoms with Gasteiger partial charge in [0.05, 0.1) is 11.8 Å². The van der Waals surface area contributed by atoms with Crippen molar-refractivity contribution in [1.82, 2.24) is 9.80 Å². The number of nitrogens with zero attached hydrogens (tertiary/aromatic N) is 2. The number of hydrogen-bond donors (Lipinski definition) is 0. The minimum absolute atomic E-state index is 0.0158. The molecule has 0 spiro atoms. The Kier molecular flexibility index (Phi) is 1.98. The number of rotatable bonds is 0. The maximum atomic E-state index is 12.0. The van der Waals surface area contributed by atoms with Crippen molar-refractivity contribution >= 4 is 11.8 Å². The van der Waals surface area contributed by atoms with Gasteiger partial charge in [-0.2, -0.15) is 0 Å². The van der Waals surface area contributed by atoms with Crippen LogP contribution in [0.25, 0.3) is 0 Å². The minimum Gasteiger partial charge on any atom is -0.295 e. The summed E-state index contributed by atoms with van der Waals surface area (Å²) in [5, 5.41) is 0. The van der Waals surface area contributed by atoms with Crippen LogP contribution in [0.4, 0.5) is 0 Å². The van der Waals surface area contributed by atoms with E-state index in [1.54, 1.807) is 7.05 Å². The van der Waals surface area contributed by atoms with Crippen LogP contribution in [-0.4, -0.2) is 47.8 Å². The van der Waals surface area contributed by atoms with Crippen LogP contribution in [0.15, 0.2) is 11.6 Å². The van der Waals surface area contributed by atoms with E-state index in [-0.39, 0.29) is 29.7 Å². The summed E-state index contributed by atoms with van der Waals surface area (Å²) in [7, 11) is 1.61. The van der Waals surface area contributed by atoms with Crippen LogP contribution < -0.4 is 0 Å². The third kappa shape index (κ3) is 1.13. The van der Waals surface area contributed by atoms with E-state index in [4.69, 9.17) is 0 Å². The maximum absolute atomic E-state index is 12.0. The summed E-state index contributed by atoms with van der Waals surface area (Å²) < 4.78 is 0. The van der Waals surface area contributed by atoms with Gasteiger partial charge in [-0.3, -0.25) is 19.4 Å².